The van der Waals surface area contributed by atoms with Crippen molar-refractivity contribution in [2.45, 2.75) is 33.2 Å². The monoisotopic (exact) mass is 261 g/mol. The van der Waals surface area contributed by atoms with Gasteiger partial charge in [0.15, 0.2) is 10.6 Å². The lowest BCUT2D eigenvalue weighted by atomic mass is 10.1. The summed E-state index contributed by atoms with van der Waals surface area (Å²) in [6.07, 6.45) is 2.34. The van der Waals surface area contributed by atoms with E-state index in [0.717, 1.165) is 30.3 Å². The highest BCUT2D eigenvalue weighted by Gasteiger charge is 2.08. The second kappa shape index (κ2) is 5.96. The van der Waals surface area contributed by atoms with Crippen LogP contribution in [0.1, 0.15) is 26.7 Å². The molecule has 0 aliphatic heterocycles. The Morgan fingerprint density at radius 1 is 1.28 bits per heavy atom. The largest absolute Gasteiger partial charge is 0.300 e. The molecule has 0 spiro atoms. The number of hydrogen-bond donors (Lipinski definition) is 1. The molecule has 0 aliphatic rings. The Labute approximate surface area is 113 Å². The molecule has 96 valence electrons. The zero-order chi connectivity index (χ0) is 13.0. The minimum Gasteiger partial charge on any atom is -0.300 e. The first-order chi connectivity index (χ1) is 8.68. The van der Waals surface area contributed by atoms with E-state index in [-0.39, 0.29) is 0 Å². The van der Waals surface area contributed by atoms with Crippen molar-refractivity contribution in [1.82, 2.24) is 14.8 Å². The molecule has 4 heteroatoms. The number of nitrogens with zero attached hydrogens (tertiary/aromatic N) is 2. The van der Waals surface area contributed by atoms with Crippen molar-refractivity contribution < 1.29 is 0 Å². The Bertz CT molecular complexity index is 540. The zero-order valence-corrected chi connectivity index (χ0v) is 11.7. The second-order valence-electron chi connectivity index (χ2n) is 4.91. The molecule has 3 nitrogen and oxygen atoms in total. The average molecular weight is 261 g/mol. The first kappa shape index (κ1) is 13.0. The maximum absolute atomic E-state index is 5.30. The van der Waals surface area contributed by atoms with Crippen molar-refractivity contribution >= 4 is 12.2 Å². The molecule has 1 N–H and O–H groups in total. The molecule has 0 atom stereocenters. The molecule has 0 aliphatic carbocycles. The summed E-state index contributed by atoms with van der Waals surface area (Å²) in [7, 11) is 0. The summed E-state index contributed by atoms with van der Waals surface area (Å²) in [6.45, 7) is 5.41. The highest BCUT2D eigenvalue weighted by atomic mass is 32.1. The fourth-order valence-electron chi connectivity index (χ4n) is 1.99. The fraction of sp³-hybridized carbons (Fsp3) is 0.429. The predicted octanol–water partition coefficient (Wildman–Crippen LogP) is 4.04. The van der Waals surface area contributed by atoms with Gasteiger partial charge in [0.1, 0.15) is 0 Å². The summed E-state index contributed by atoms with van der Waals surface area (Å²) in [6, 6.07) is 10.2. The minimum atomic E-state index is 0.706. The lowest BCUT2D eigenvalue weighted by Crippen LogP contribution is -2.02. The van der Waals surface area contributed by atoms with Gasteiger partial charge in [0, 0.05) is 12.1 Å². The van der Waals surface area contributed by atoms with Gasteiger partial charge in [-0.3, -0.25) is 5.10 Å². The normalized spacial score (nSPS) is 11.1. The summed E-state index contributed by atoms with van der Waals surface area (Å²) in [5.74, 6) is 1.66. The van der Waals surface area contributed by atoms with Crippen LogP contribution in [0.15, 0.2) is 30.3 Å². The van der Waals surface area contributed by atoms with Crippen LogP contribution in [0.5, 0.6) is 0 Å². The first-order valence-corrected chi connectivity index (χ1v) is 6.80. The molecule has 0 bridgehead atoms. The summed E-state index contributed by atoms with van der Waals surface area (Å²) in [5.41, 5.74) is 1.11. The van der Waals surface area contributed by atoms with Crippen LogP contribution in [-0.4, -0.2) is 14.8 Å². The van der Waals surface area contributed by atoms with Crippen LogP contribution in [0.25, 0.3) is 11.4 Å². The van der Waals surface area contributed by atoms with Crippen molar-refractivity contribution in [2.24, 2.45) is 5.92 Å². The summed E-state index contributed by atoms with van der Waals surface area (Å²) in [5, 5.41) is 7.22. The quantitative estimate of drug-likeness (QED) is 0.824. The lowest BCUT2D eigenvalue weighted by Gasteiger charge is -2.08. The highest BCUT2D eigenvalue weighted by Crippen LogP contribution is 2.17. The van der Waals surface area contributed by atoms with Crippen molar-refractivity contribution in [3.05, 3.63) is 35.1 Å². The van der Waals surface area contributed by atoms with Crippen molar-refractivity contribution in [1.29, 1.82) is 0 Å². The molecule has 2 rings (SSSR count). The third-order valence-corrected chi connectivity index (χ3v) is 3.27. The molecule has 2 aromatic rings. The summed E-state index contributed by atoms with van der Waals surface area (Å²) >= 11 is 5.30. The van der Waals surface area contributed by atoms with Gasteiger partial charge in [0.2, 0.25) is 0 Å². The van der Waals surface area contributed by atoms with Crippen LogP contribution in [0.4, 0.5) is 0 Å². The molecule has 0 saturated heterocycles. The van der Waals surface area contributed by atoms with Crippen LogP contribution >= 0.6 is 12.2 Å². The Hall–Kier alpha value is -1.42. The van der Waals surface area contributed by atoms with E-state index >= 15 is 0 Å². The van der Waals surface area contributed by atoms with Crippen LogP contribution in [0.3, 0.4) is 0 Å². The van der Waals surface area contributed by atoms with E-state index in [1.54, 1.807) is 0 Å². The Kier molecular flexibility index (Phi) is 4.31. The lowest BCUT2D eigenvalue weighted by molar-refractivity contribution is 0.511. The number of rotatable bonds is 5. The molecule has 1 aromatic carbocycles. The van der Waals surface area contributed by atoms with Gasteiger partial charge in [-0.1, -0.05) is 44.2 Å². The number of H-pyrrole nitrogens is 1. The van der Waals surface area contributed by atoms with Crippen molar-refractivity contribution in [3.63, 3.8) is 0 Å². The van der Waals surface area contributed by atoms with E-state index in [0.29, 0.717) is 4.77 Å². The van der Waals surface area contributed by atoms with Crippen molar-refractivity contribution in [2.75, 3.05) is 0 Å². The van der Waals surface area contributed by atoms with Crippen LogP contribution in [0.2, 0.25) is 0 Å². The topological polar surface area (TPSA) is 33.6 Å². The highest BCUT2D eigenvalue weighted by molar-refractivity contribution is 7.71. The smallest absolute Gasteiger partial charge is 0.195 e. The summed E-state index contributed by atoms with van der Waals surface area (Å²) < 4.78 is 2.80. The van der Waals surface area contributed by atoms with Gasteiger partial charge in [0.25, 0.3) is 0 Å². The van der Waals surface area contributed by atoms with Gasteiger partial charge < -0.3 is 4.57 Å². The van der Waals surface area contributed by atoms with Gasteiger partial charge in [-0.15, -0.1) is 0 Å². The van der Waals surface area contributed by atoms with E-state index in [1.807, 2.05) is 18.2 Å². The van der Waals surface area contributed by atoms with E-state index in [2.05, 4.69) is 40.7 Å². The fourth-order valence-corrected chi connectivity index (χ4v) is 2.21. The number of aromatic amines is 1. The van der Waals surface area contributed by atoms with E-state index < -0.39 is 0 Å². The molecule has 1 aromatic heterocycles. The Balaban J connectivity index is 2.20. The summed E-state index contributed by atoms with van der Waals surface area (Å²) in [4.78, 5) is 0. The van der Waals surface area contributed by atoms with Gasteiger partial charge in [-0.05, 0) is 31.0 Å². The Morgan fingerprint density at radius 2 is 2.00 bits per heavy atom. The van der Waals surface area contributed by atoms with E-state index in [1.165, 1.54) is 6.42 Å². The van der Waals surface area contributed by atoms with Gasteiger partial charge >= 0.3 is 0 Å². The zero-order valence-electron chi connectivity index (χ0n) is 10.9. The molecule has 0 unspecified atom stereocenters. The average Bonchev–Trinajstić information content (AvgIpc) is 2.72. The van der Waals surface area contributed by atoms with Crippen LogP contribution in [-0.2, 0) is 6.54 Å². The van der Waals surface area contributed by atoms with E-state index in [4.69, 9.17) is 12.2 Å². The molecule has 1 heterocycles. The second-order valence-corrected chi connectivity index (χ2v) is 5.29. The molecule has 0 radical (unpaired) electrons. The third-order valence-electron chi connectivity index (χ3n) is 2.95. The molecule has 18 heavy (non-hydrogen) atoms. The maximum atomic E-state index is 5.30. The molecule has 0 fully saturated rings. The standard InChI is InChI=1S/C14H19N3S/c1-11(2)7-6-10-17-13(15-16-14(17)18)12-8-4-3-5-9-12/h3-5,8-9,11H,6-7,10H2,1-2H3,(H,16,18). The van der Waals surface area contributed by atoms with Gasteiger partial charge in [-0.25, -0.2) is 0 Å². The SMILES string of the molecule is CC(C)CCCn1c(-c2ccccc2)n[nH]c1=S. The maximum Gasteiger partial charge on any atom is 0.195 e. The van der Waals surface area contributed by atoms with E-state index in [9.17, 15) is 0 Å². The molecular formula is C14H19N3S. The third kappa shape index (κ3) is 3.07. The number of benzene rings is 1. The Morgan fingerprint density at radius 3 is 2.67 bits per heavy atom. The predicted molar refractivity (Wildman–Crippen MR) is 76.9 cm³/mol. The molecule has 0 amide bonds. The molecular weight excluding hydrogens is 242 g/mol. The van der Waals surface area contributed by atoms with Gasteiger partial charge in [-0.2, -0.15) is 5.10 Å². The van der Waals surface area contributed by atoms with Crippen molar-refractivity contribution in [3.8, 4) is 11.4 Å². The van der Waals surface area contributed by atoms with Crippen LogP contribution < -0.4 is 0 Å². The van der Waals surface area contributed by atoms with Gasteiger partial charge in [0.05, 0.1) is 0 Å². The minimum absolute atomic E-state index is 0.706. The number of hydrogen-bond acceptors (Lipinski definition) is 2. The number of nitrogens with one attached hydrogen (secondary N) is 1. The van der Waals surface area contributed by atoms with Crippen LogP contribution in [0, 0.1) is 10.7 Å². The number of aromatic nitrogens is 3. The molecule has 0 saturated carbocycles. The first-order valence-electron chi connectivity index (χ1n) is 6.39.